The summed E-state index contributed by atoms with van der Waals surface area (Å²) in [5.41, 5.74) is 2.78. The summed E-state index contributed by atoms with van der Waals surface area (Å²) in [4.78, 5) is 16.8. The summed E-state index contributed by atoms with van der Waals surface area (Å²) in [6.07, 6.45) is 3.86. The van der Waals surface area contributed by atoms with Crippen molar-refractivity contribution in [1.82, 2.24) is 14.8 Å². The average molecular weight is 310 g/mol. The van der Waals surface area contributed by atoms with Gasteiger partial charge in [-0.3, -0.25) is 4.79 Å². The number of benzene rings is 1. The molecule has 2 aliphatic rings. The lowest BCUT2D eigenvalue weighted by molar-refractivity contribution is -0.116. The fraction of sp³-hybridized carbons (Fsp3) is 0.353. The zero-order chi connectivity index (χ0) is 15.8. The van der Waals surface area contributed by atoms with Crippen LogP contribution >= 0.6 is 0 Å². The zero-order valence-electron chi connectivity index (χ0n) is 13.0. The van der Waals surface area contributed by atoms with Crippen LogP contribution in [-0.2, 0) is 4.79 Å². The number of Topliss-reactive ketones (excluding diaryl/α,β-unsaturated/α-hetero) is 1. The number of aromatic nitrogens is 3. The number of carbonyl (C=O) groups is 1. The minimum atomic E-state index is -0.239. The van der Waals surface area contributed by atoms with Gasteiger partial charge in [0.2, 0.25) is 5.95 Å². The highest BCUT2D eigenvalue weighted by atomic mass is 16.5. The third-order valence-electron chi connectivity index (χ3n) is 4.29. The van der Waals surface area contributed by atoms with Crippen molar-refractivity contribution in [3.8, 4) is 5.75 Å². The first-order valence-corrected chi connectivity index (χ1v) is 7.93. The summed E-state index contributed by atoms with van der Waals surface area (Å²) >= 11 is 0. The fourth-order valence-electron chi connectivity index (χ4n) is 3.35. The molecule has 1 atom stereocenters. The summed E-state index contributed by atoms with van der Waals surface area (Å²) < 4.78 is 7.39. The first-order chi connectivity index (χ1) is 11.3. The number of nitrogens with one attached hydrogen (secondary N) is 1. The third-order valence-corrected chi connectivity index (χ3v) is 4.29. The van der Waals surface area contributed by atoms with Gasteiger partial charge in [0.25, 0.3) is 0 Å². The van der Waals surface area contributed by atoms with Crippen LogP contribution in [0.2, 0.25) is 0 Å². The van der Waals surface area contributed by atoms with E-state index >= 15 is 0 Å². The van der Waals surface area contributed by atoms with Crippen molar-refractivity contribution >= 4 is 11.7 Å². The van der Waals surface area contributed by atoms with Crippen molar-refractivity contribution < 1.29 is 9.53 Å². The fourth-order valence-corrected chi connectivity index (χ4v) is 3.35. The molecule has 0 saturated heterocycles. The van der Waals surface area contributed by atoms with Gasteiger partial charge in [-0.1, -0.05) is 12.1 Å². The predicted octanol–water partition coefficient (Wildman–Crippen LogP) is 2.70. The maximum Gasteiger partial charge on any atom is 0.226 e. The Morgan fingerprint density at radius 1 is 1.39 bits per heavy atom. The Morgan fingerprint density at radius 3 is 3.17 bits per heavy atom. The first kappa shape index (κ1) is 14.0. The maximum atomic E-state index is 12.6. The molecular formula is C17H18N4O2. The van der Waals surface area contributed by atoms with Gasteiger partial charge >= 0.3 is 0 Å². The van der Waals surface area contributed by atoms with E-state index in [9.17, 15) is 4.79 Å². The molecule has 2 heterocycles. The zero-order valence-corrected chi connectivity index (χ0v) is 13.0. The average Bonchev–Trinajstić information content (AvgIpc) is 3.02. The van der Waals surface area contributed by atoms with E-state index in [0.717, 1.165) is 35.4 Å². The molecule has 0 radical (unpaired) electrons. The molecule has 2 aromatic rings. The standard InChI is InChI=1S/C17H18N4O2/c1-2-23-12-6-3-5-11(9-12)16-15-13(7-4-8-14(15)22)20-17-18-10-19-21(16)17/h3,5-6,9-10,16H,2,4,7-8H2,1H3,(H,18,19,20). The topological polar surface area (TPSA) is 69.0 Å². The number of hydrogen-bond donors (Lipinski definition) is 1. The number of fused-ring (bicyclic) bond motifs is 1. The molecule has 6 heteroatoms. The molecule has 118 valence electrons. The molecule has 1 N–H and O–H groups in total. The first-order valence-electron chi connectivity index (χ1n) is 7.93. The van der Waals surface area contributed by atoms with Crippen LogP contribution < -0.4 is 10.1 Å². The molecule has 1 aromatic carbocycles. The molecule has 0 fully saturated rings. The van der Waals surface area contributed by atoms with Gasteiger partial charge in [0.05, 0.1) is 6.61 Å². The van der Waals surface area contributed by atoms with E-state index in [4.69, 9.17) is 4.74 Å². The Balaban J connectivity index is 1.86. The molecule has 0 spiro atoms. The minimum Gasteiger partial charge on any atom is -0.494 e. The normalized spacial score (nSPS) is 19.9. The van der Waals surface area contributed by atoms with Gasteiger partial charge in [0.15, 0.2) is 5.78 Å². The van der Waals surface area contributed by atoms with E-state index in [1.165, 1.54) is 6.33 Å². The second kappa shape index (κ2) is 5.53. The second-order valence-electron chi connectivity index (χ2n) is 5.73. The van der Waals surface area contributed by atoms with Crippen LogP contribution in [0.25, 0.3) is 0 Å². The monoisotopic (exact) mass is 310 g/mol. The molecule has 0 amide bonds. The maximum absolute atomic E-state index is 12.6. The Hall–Kier alpha value is -2.63. The predicted molar refractivity (Wildman–Crippen MR) is 85.3 cm³/mol. The van der Waals surface area contributed by atoms with Crippen molar-refractivity contribution in [2.75, 3.05) is 11.9 Å². The number of anilines is 1. The number of ether oxygens (including phenoxy) is 1. The molecule has 23 heavy (non-hydrogen) atoms. The molecule has 0 bridgehead atoms. The van der Waals surface area contributed by atoms with Gasteiger partial charge in [-0.25, -0.2) is 4.68 Å². The van der Waals surface area contributed by atoms with E-state index in [1.54, 1.807) is 4.68 Å². The molecule has 1 unspecified atom stereocenters. The minimum absolute atomic E-state index is 0.187. The van der Waals surface area contributed by atoms with Crippen molar-refractivity contribution in [2.24, 2.45) is 0 Å². The molecule has 1 aliphatic carbocycles. The van der Waals surface area contributed by atoms with Gasteiger partial charge in [0, 0.05) is 17.7 Å². The molecule has 0 saturated carbocycles. The number of ketones is 1. The molecule has 1 aliphatic heterocycles. The smallest absolute Gasteiger partial charge is 0.226 e. The highest BCUT2D eigenvalue weighted by Crippen LogP contribution is 2.40. The van der Waals surface area contributed by atoms with Crippen molar-refractivity contribution in [2.45, 2.75) is 32.2 Å². The lowest BCUT2D eigenvalue weighted by Gasteiger charge is -2.32. The Labute approximate surface area is 134 Å². The van der Waals surface area contributed by atoms with Crippen LogP contribution in [0.1, 0.15) is 37.8 Å². The second-order valence-corrected chi connectivity index (χ2v) is 5.73. The van der Waals surface area contributed by atoms with Crippen LogP contribution in [0.4, 0.5) is 5.95 Å². The van der Waals surface area contributed by atoms with Crippen LogP contribution in [0.3, 0.4) is 0 Å². The van der Waals surface area contributed by atoms with E-state index in [1.807, 2.05) is 31.2 Å². The lowest BCUT2D eigenvalue weighted by atomic mass is 9.85. The van der Waals surface area contributed by atoms with E-state index in [2.05, 4.69) is 15.4 Å². The number of rotatable bonds is 3. The van der Waals surface area contributed by atoms with E-state index in [-0.39, 0.29) is 11.8 Å². The highest BCUT2D eigenvalue weighted by Gasteiger charge is 2.36. The molecule has 1 aromatic heterocycles. The van der Waals surface area contributed by atoms with Crippen molar-refractivity contribution in [3.05, 3.63) is 47.4 Å². The van der Waals surface area contributed by atoms with Crippen molar-refractivity contribution in [1.29, 1.82) is 0 Å². The van der Waals surface area contributed by atoms with Gasteiger partial charge in [0.1, 0.15) is 18.1 Å². The summed E-state index contributed by atoms with van der Waals surface area (Å²) in [6, 6.07) is 7.63. The summed E-state index contributed by atoms with van der Waals surface area (Å²) in [5, 5.41) is 7.60. The molecule has 6 nitrogen and oxygen atoms in total. The number of carbonyl (C=O) groups excluding carboxylic acids is 1. The summed E-state index contributed by atoms with van der Waals surface area (Å²) in [5.74, 6) is 1.67. The largest absolute Gasteiger partial charge is 0.494 e. The van der Waals surface area contributed by atoms with Crippen LogP contribution in [0.15, 0.2) is 41.9 Å². The quantitative estimate of drug-likeness (QED) is 0.944. The Morgan fingerprint density at radius 2 is 2.30 bits per heavy atom. The highest BCUT2D eigenvalue weighted by molar-refractivity contribution is 5.99. The number of hydrogen-bond acceptors (Lipinski definition) is 5. The SMILES string of the molecule is CCOc1cccc(C2C3=C(CCCC3=O)Nc3ncnn32)c1. The lowest BCUT2D eigenvalue weighted by Crippen LogP contribution is -2.31. The van der Waals surface area contributed by atoms with Gasteiger partial charge in [-0.05, 0) is 37.5 Å². The van der Waals surface area contributed by atoms with Crippen LogP contribution in [0, 0.1) is 0 Å². The van der Waals surface area contributed by atoms with Gasteiger partial charge in [-0.2, -0.15) is 10.1 Å². The Bertz CT molecular complexity index is 793. The van der Waals surface area contributed by atoms with E-state index < -0.39 is 0 Å². The van der Waals surface area contributed by atoms with Gasteiger partial charge in [-0.15, -0.1) is 0 Å². The van der Waals surface area contributed by atoms with Crippen LogP contribution in [0.5, 0.6) is 5.75 Å². The van der Waals surface area contributed by atoms with Crippen molar-refractivity contribution in [3.63, 3.8) is 0 Å². The summed E-state index contributed by atoms with van der Waals surface area (Å²) in [6.45, 7) is 2.56. The third kappa shape index (κ3) is 2.30. The van der Waals surface area contributed by atoms with E-state index in [0.29, 0.717) is 19.0 Å². The van der Waals surface area contributed by atoms with Crippen LogP contribution in [-0.4, -0.2) is 27.2 Å². The summed E-state index contributed by atoms with van der Waals surface area (Å²) in [7, 11) is 0. The molecule has 4 rings (SSSR count). The van der Waals surface area contributed by atoms with Gasteiger partial charge < -0.3 is 10.1 Å². The number of allylic oxidation sites excluding steroid dienone is 2. The molecular weight excluding hydrogens is 292 g/mol. The Kier molecular flexibility index (Phi) is 3.37. The number of nitrogens with zero attached hydrogens (tertiary/aromatic N) is 3.